The van der Waals surface area contributed by atoms with Crippen molar-refractivity contribution >= 4 is 17.0 Å². The second-order valence-corrected chi connectivity index (χ2v) is 3.86. The van der Waals surface area contributed by atoms with Crippen molar-refractivity contribution in [2.24, 2.45) is 0 Å². The minimum absolute atomic E-state index is 0.0869. The summed E-state index contributed by atoms with van der Waals surface area (Å²) < 4.78 is 0. The molecule has 0 aliphatic carbocycles. The second-order valence-electron chi connectivity index (χ2n) is 2.69. The third-order valence-corrected chi connectivity index (χ3v) is 2.93. The van der Waals surface area contributed by atoms with Crippen LogP contribution in [0.25, 0.3) is 0 Å². The summed E-state index contributed by atoms with van der Waals surface area (Å²) >= 11 is 1.37. The maximum Gasteiger partial charge on any atom is 0.279 e. The van der Waals surface area contributed by atoms with Crippen molar-refractivity contribution in [1.29, 1.82) is 0 Å². The van der Waals surface area contributed by atoms with Crippen molar-refractivity contribution < 1.29 is 4.79 Å². The van der Waals surface area contributed by atoms with Crippen LogP contribution < -0.4 is 5.32 Å². The summed E-state index contributed by atoms with van der Waals surface area (Å²) in [7, 11) is 0. The SMILES string of the molecule is O=C1NC[C@@H](c2ccccc2)S1. The summed E-state index contributed by atoms with van der Waals surface area (Å²) in [4.78, 5) is 10.9. The molecule has 0 radical (unpaired) electrons. The lowest BCUT2D eigenvalue weighted by atomic mass is 10.1. The van der Waals surface area contributed by atoms with E-state index in [0.29, 0.717) is 5.25 Å². The van der Waals surface area contributed by atoms with Crippen LogP contribution in [0.15, 0.2) is 30.3 Å². The van der Waals surface area contributed by atoms with Crippen molar-refractivity contribution in [3.8, 4) is 0 Å². The predicted molar refractivity (Wildman–Crippen MR) is 50.2 cm³/mol. The molecule has 0 saturated carbocycles. The molecule has 1 amide bonds. The molecular formula is C9H9NOS. The Kier molecular flexibility index (Phi) is 2.04. The van der Waals surface area contributed by atoms with E-state index in [4.69, 9.17) is 0 Å². The molecule has 62 valence electrons. The molecule has 1 atom stereocenters. The number of thioether (sulfide) groups is 1. The van der Waals surface area contributed by atoms with Crippen LogP contribution in [0, 0.1) is 0 Å². The molecule has 1 heterocycles. The van der Waals surface area contributed by atoms with E-state index in [2.05, 4.69) is 17.4 Å². The normalized spacial score (nSPS) is 22.3. The number of benzene rings is 1. The Bertz CT molecular complexity index is 286. The van der Waals surface area contributed by atoms with Gasteiger partial charge in [-0.05, 0) is 5.56 Å². The van der Waals surface area contributed by atoms with E-state index in [-0.39, 0.29) is 5.24 Å². The van der Waals surface area contributed by atoms with E-state index in [1.807, 2.05) is 18.2 Å². The monoisotopic (exact) mass is 179 g/mol. The molecule has 1 fully saturated rings. The Labute approximate surface area is 75.4 Å². The van der Waals surface area contributed by atoms with Gasteiger partial charge in [0, 0.05) is 6.54 Å². The largest absolute Gasteiger partial charge is 0.345 e. The molecule has 0 aromatic heterocycles. The first-order valence-electron chi connectivity index (χ1n) is 3.86. The van der Waals surface area contributed by atoms with Gasteiger partial charge in [0.25, 0.3) is 5.24 Å². The molecule has 1 aliphatic heterocycles. The van der Waals surface area contributed by atoms with Gasteiger partial charge in [-0.25, -0.2) is 0 Å². The second kappa shape index (κ2) is 3.19. The highest BCUT2D eigenvalue weighted by Gasteiger charge is 2.23. The average molecular weight is 179 g/mol. The van der Waals surface area contributed by atoms with Crippen LogP contribution in [0.5, 0.6) is 0 Å². The van der Waals surface area contributed by atoms with E-state index in [9.17, 15) is 4.79 Å². The molecule has 1 aromatic carbocycles. The first kappa shape index (κ1) is 7.68. The van der Waals surface area contributed by atoms with Crippen molar-refractivity contribution in [2.45, 2.75) is 5.25 Å². The van der Waals surface area contributed by atoms with Crippen LogP contribution in [0.4, 0.5) is 4.79 Å². The van der Waals surface area contributed by atoms with Gasteiger partial charge in [-0.3, -0.25) is 4.79 Å². The minimum atomic E-state index is 0.0869. The number of hydrogen-bond donors (Lipinski definition) is 1. The van der Waals surface area contributed by atoms with Crippen LogP contribution in [0.1, 0.15) is 10.8 Å². The van der Waals surface area contributed by atoms with Gasteiger partial charge in [-0.15, -0.1) is 0 Å². The Morgan fingerprint density at radius 1 is 1.33 bits per heavy atom. The molecule has 0 spiro atoms. The van der Waals surface area contributed by atoms with Gasteiger partial charge in [0.05, 0.1) is 5.25 Å². The van der Waals surface area contributed by atoms with Crippen molar-refractivity contribution in [2.75, 3.05) is 6.54 Å². The van der Waals surface area contributed by atoms with Crippen molar-refractivity contribution in [3.05, 3.63) is 35.9 Å². The van der Waals surface area contributed by atoms with Crippen LogP contribution >= 0.6 is 11.8 Å². The smallest absolute Gasteiger partial charge is 0.279 e. The fourth-order valence-corrected chi connectivity index (χ4v) is 2.13. The highest BCUT2D eigenvalue weighted by molar-refractivity contribution is 8.14. The molecule has 1 N–H and O–H groups in total. The first-order valence-corrected chi connectivity index (χ1v) is 4.73. The van der Waals surface area contributed by atoms with Gasteiger partial charge in [0.1, 0.15) is 0 Å². The molecule has 12 heavy (non-hydrogen) atoms. The third kappa shape index (κ3) is 1.46. The molecule has 0 unspecified atom stereocenters. The number of carbonyl (C=O) groups is 1. The summed E-state index contributed by atoms with van der Waals surface area (Å²) in [5.41, 5.74) is 1.22. The highest BCUT2D eigenvalue weighted by atomic mass is 32.2. The van der Waals surface area contributed by atoms with Gasteiger partial charge in [0.15, 0.2) is 0 Å². The van der Waals surface area contributed by atoms with Gasteiger partial charge < -0.3 is 5.32 Å². The van der Waals surface area contributed by atoms with E-state index < -0.39 is 0 Å². The van der Waals surface area contributed by atoms with Crippen molar-refractivity contribution in [3.63, 3.8) is 0 Å². The number of rotatable bonds is 1. The molecular weight excluding hydrogens is 170 g/mol. The summed E-state index contributed by atoms with van der Waals surface area (Å²) in [6.07, 6.45) is 0. The fraction of sp³-hybridized carbons (Fsp3) is 0.222. The zero-order valence-corrected chi connectivity index (χ0v) is 7.30. The summed E-state index contributed by atoms with van der Waals surface area (Å²) in [6, 6.07) is 10.1. The lowest BCUT2D eigenvalue weighted by Gasteiger charge is -2.04. The number of amides is 1. The van der Waals surface area contributed by atoms with Crippen LogP contribution in [0.3, 0.4) is 0 Å². The first-order chi connectivity index (χ1) is 5.86. The lowest BCUT2D eigenvalue weighted by Crippen LogP contribution is -2.11. The quantitative estimate of drug-likeness (QED) is 0.716. The number of nitrogens with one attached hydrogen (secondary N) is 1. The molecule has 1 aromatic rings. The van der Waals surface area contributed by atoms with Crippen LogP contribution in [-0.4, -0.2) is 11.8 Å². The lowest BCUT2D eigenvalue weighted by molar-refractivity contribution is 0.262. The molecule has 2 nitrogen and oxygen atoms in total. The zero-order valence-electron chi connectivity index (χ0n) is 6.49. The maximum absolute atomic E-state index is 10.9. The zero-order chi connectivity index (χ0) is 8.39. The number of hydrogen-bond acceptors (Lipinski definition) is 2. The molecule has 1 saturated heterocycles. The van der Waals surface area contributed by atoms with Crippen LogP contribution in [0.2, 0.25) is 0 Å². The highest BCUT2D eigenvalue weighted by Crippen LogP contribution is 2.32. The van der Waals surface area contributed by atoms with E-state index >= 15 is 0 Å². The predicted octanol–water partition coefficient (Wildman–Crippen LogP) is 2.18. The standard InChI is InChI=1S/C9H9NOS/c11-9-10-6-8(12-9)7-4-2-1-3-5-7/h1-5,8H,6H2,(H,10,11)/t8-/m0/s1. The Morgan fingerprint density at radius 2 is 2.08 bits per heavy atom. The van der Waals surface area contributed by atoms with Crippen LogP contribution in [-0.2, 0) is 0 Å². The third-order valence-electron chi connectivity index (χ3n) is 1.85. The van der Waals surface area contributed by atoms with Gasteiger partial charge in [-0.2, -0.15) is 0 Å². The van der Waals surface area contributed by atoms with E-state index in [0.717, 1.165) is 6.54 Å². The van der Waals surface area contributed by atoms with Gasteiger partial charge >= 0.3 is 0 Å². The molecule has 0 bridgehead atoms. The molecule has 1 aliphatic rings. The summed E-state index contributed by atoms with van der Waals surface area (Å²) in [5, 5.41) is 3.18. The Morgan fingerprint density at radius 3 is 2.67 bits per heavy atom. The summed E-state index contributed by atoms with van der Waals surface area (Å²) in [5.74, 6) is 0. The average Bonchev–Trinajstić information content (AvgIpc) is 2.54. The van der Waals surface area contributed by atoms with E-state index in [1.165, 1.54) is 17.3 Å². The summed E-state index contributed by atoms with van der Waals surface area (Å²) in [6.45, 7) is 0.757. The molecule has 3 heteroatoms. The van der Waals surface area contributed by atoms with Crippen molar-refractivity contribution in [1.82, 2.24) is 5.32 Å². The van der Waals surface area contributed by atoms with Gasteiger partial charge in [0.2, 0.25) is 0 Å². The Balaban J connectivity index is 2.16. The topological polar surface area (TPSA) is 29.1 Å². The van der Waals surface area contributed by atoms with E-state index in [1.54, 1.807) is 0 Å². The Hall–Kier alpha value is -0.960. The maximum atomic E-state index is 10.9. The number of carbonyl (C=O) groups excluding carboxylic acids is 1. The minimum Gasteiger partial charge on any atom is -0.345 e. The molecule has 2 rings (SSSR count). The fourth-order valence-electron chi connectivity index (χ4n) is 1.24. The van der Waals surface area contributed by atoms with Gasteiger partial charge in [-0.1, -0.05) is 42.1 Å².